The van der Waals surface area contributed by atoms with Crippen molar-refractivity contribution in [2.75, 3.05) is 45.2 Å². The molecule has 15 N–H and O–H groups in total. The average molecular weight is 1520 g/mol. The maximum Gasteiger partial charge on any atom is 0.430 e. The second-order valence-electron chi connectivity index (χ2n) is 26.2. The van der Waals surface area contributed by atoms with Crippen LogP contribution < -0.4 is 43.2 Å². The van der Waals surface area contributed by atoms with Gasteiger partial charge < -0.3 is 87.8 Å². The van der Waals surface area contributed by atoms with Crippen molar-refractivity contribution in [3.8, 4) is 5.75 Å². The van der Waals surface area contributed by atoms with E-state index in [0.29, 0.717) is 76.4 Å². The molecule has 572 valence electrons. The summed E-state index contributed by atoms with van der Waals surface area (Å²) in [5.74, 6) is -11.2. The number of hydrogen-bond donors (Lipinski definition) is 12. The maximum absolute atomic E-state index is 15.4. The maximum atomic E-state index is 15.4. The van der Waals surface area contributed by atoms with Crippen LogP contribution in [0.2, 0.25) is 0 Å². The number of nitrogens with one attached hydrogen (secondary N) is 8. The number of carboxylic acids is 2. The van der Waals surface area contributed by atoms with Crippen LogP contribution in [0.3, 0.4) is 0 Å². The van der Waals surface area contributed by atoms with Crippen molar-refractivity contribution in [2.24, 2.45) is 11.7 Å². The predicted octanol–water partition coefficient (Wildman–Crippen LogP) is 1.87. The Balaban J connectivity index is 0.00000196. The third kappa shape index (κ3) is 23.9. The summed E-state index contributed by atoms with van der Waals surface area (Å²) in [6.45, 7) is 0.161. The summed E-state index contributed by atoms with van der Waals surface area (Å²) >= 11 is 2.93. The third-order valence-electron chi connectivity index (χ3n) is 18.3. The molecular formula is C73H87F3N14O15S2. The first-order chi connectivity index (χ1) is 51.1. The Morgan fingerprint density at radius 3 is 1.89 bits per heavy atom. The Morgan fingerprint density at radius 1 is 0.692 bits per heavy atom. The van der Waals surface area contributed by atoms with Crippen molar-refractivity contribution in [3.05, 3.63) is 155 Å². The number of rotatable bonds is 15. The molecule has 34 heteroatoms. The number of fused-ring (bicyclic) bond motifs is 5. The summed E-state index contributed by atoms with van der Waals surface area (Å²) < 4.78 is 31.5. The Hall–Kier alpha value is -10.7. The molecule has 5 heterocycles. The number of likely N-dealkylation sites (N-methyl/N-ethyl adjacent to an activating group) is 2. The molecule has 0 aliphatic carbocycles. The number of phenolic OH excluding ortho intramolecular Hbond substituents is 1. The SMILES string of the molecule is CN1CC(=O)N(C)[C@@H](Cc2c[nH]c3ccccc23)C(=O)N[C@@H](Cc2c[nH]c3ccccc23)C(=O)N[C@@H](CC(=O)O)C(=O)N[C@@H](Cc2cnc[nH]2)C(=O)N[C@@H](Cc2ccc(O)cc2)C(=O)N2CCC[C@H]2C(=O)C[C@H](C(N)=O)CSCc2cccc(c2)CSCCC(=O)N[C@@H](CCCC[NH3+])C1=O.O=C([O-])C(F)(F)F. The van der Waals surface area contributed by atoms with Crippen LogP contribution in [0.25, 0.3) is 21.8 Å². The van der Waals surface area contributed by atoms with Crippen LogP contribution in [0, 0.1) is 5.92 Å². The fourth-order valence-corrected chi connectivity index (χ4v) is 14.5. The van der Waals surface area contributed by atoms with E-state index < -0.39 is 132 Å². The first kappa shape index (κ1) is 81.9. The Labute approximate surface area is 621 Å². The molecule has 0 spiro atoms. The number of H-pyrrole nitrogens is 3. The quantitative estimate of drug-likeness (QED) is 0.0652. The number of hydrogen-bond acceptors (Lipinski definition) is 17. The van der Waals surface area contributed by atoms with Crippen LogP contribution in [-0.2, 0) is 94.7 Å². The molecule has 29 nitrogen and oxygen atoms in total. The van der Waals surface area contributed by atoms with E-state index in [9.17, 15) is 56.9 Å². The van der Waals surface area contributed by atoms with Gasteiger partial charge in [-0.1, -0.05) is 72.8 Å². The van der Waals surface area contributed by atoms with Crippen molar-refractivity contribution in [2.45, 2.75) is 137 Å². The number of ketones is 1. The fraction of sp³-hybridized carbons (Fsp3) is 0.411. The van der Waals surface area contributed by atoms with Crippen molar-refractivity contribution < 1.29 is 91.8 Å². The number of imidazole rings is 1. The Kier molecular flexibility index (Phi) is 29.9. The molecule has 0 radical (unpaired) electrons. The van der Waals surface area contributed by atoms with E-state index in [0.717, 1.165) is 22.0 Å². The highest BCUT2D eigenvalue weighted by Gasteiger charge is 2.41. The van der Waals surface area contributed by atoms with Crippen LogP contribution in [-0.4, -0.2) is 209 Å². The van der Waals surface area contributed by atoms with Gasteiger partial charge in [0.1, 0.15) is 48.0 Å². The average Bonchev–Trinajstić information content (AvgIpc) is 1.74. The molecule has 3 aromatic heterocycles. The van der Waals surface area contributed by atoms with E-state index in [-0.39, 0.29) is 75.3 Å². The van der Waals surface area contributed by atoms with E-state index in [1.54, 1.807) is 48.8 Å². The number of unbranched alkanes of at least 4 members (excludes halogenated alkanes) is 1. The second-order valence-corrected chi connectivity index (χ2v) is 28.3. The summed E-state index contributed by atoms with van der Waals surface area (Å²) in [5, 5.41) is 44.5. The van der Waals surface area contributed by atoms with Crippen molar-refractivity contribution in [1.29, 1.82) is 0 Å². The number of nitrogens with two attached hydrogens (primary N) is 1. The van der Waals surface area contributed by atoms with Gasteiger partial charge in [-0.3, -0.25) is 52.7 Å². The van der Waals surface area contributed by atoms with Gasteiger partial charge in [-0.25, -0.2) is 4.98 Å². The molecule has 9 rings (SSSR count). The zero-order valence-electron chi connectivity index (χ0n) is 58.8. The normalized spacial score (nSPS) is 21.6. The van der Waals surface area contributed by atoms with Gasteiger partial charge in [-0.05, 0) is 84.2 Å². The van der Waals surface area contributed by atoms with Crippen LogP contribution >= 0.6 is 23.5 Å². The molecule has 0 unspecified atom stereocenters. The number of aromatic amines is 3. The number of Topliss-reactive ketones (excluding diaryl/α,β-unsaturated/α-hetero) is 1. The number of carbonyl (C=O) groups is 12. The number of carbonyl (C=O) groups excluding carboxylic acids is 11. The lowest BCUT2D eigenvalue weighted by Gasteiger charge is -2.32. The number of halogens is 3. The number of para-hydroxylation sites is 2. The predicted molar refractivity (Wildman–Crippen MR) is 387 cm³/mol. The number of alkyl halides is 3. The zero-order valence-corrected chi connectivity index (χ0v) is 60.5. The van der Waals surface area contributed by atoms with E-state index in [1.165, 1.54) is 77.0 Å². The van der Waals surface area contributed by atoms with Crippen molar-refractivity contribution >= 4 is 116 Å². The van der Waals surface area contributed by atoms with Gasteiger partial charge in [0.05, 0.1) is 37.8 Å². The third-order valence-corrected chi connectivity index (χ3v) is 20.5. The molecule has 9 amide bonds. The van der Waals surface area contributed by atoms with Crippen molar-refractivity contribution in [3.63, 3.8) is 0 Å². The number of aromatic hydroxyl groups is 1. The minimum atomic E-state index is -5.19. The number of thioether (sulfide) groups is 2. The first-order valence-electron chi connectivity index (χ1n) is 34.6. The van der Waals surface area contributed by atoms with Gasteiger partial charge in [0.2, 0.25) is 53.2 Å². The smallest absolute Gasteiger partial charge is 0.430 e. The van der Waals surface area contributed by atoms with Gasteiger partial charge >= 0.3 is 12.1 Å². The van der Waals surface area contributed by atoms with Gasteiger partial charge in [0.25, 0.3) is 0 Å². The van der Waals surface area contributed by atoms with Crippen LogP contribution in [0.15, 0.2) is 122 Å². The largest absolute Gasteiger partial charge is 0.542 e. The van der Waals surface area contributed by atoms with Crippen LogP contribution in [0.5, 0.6) is 5.75 Å². The molecule has 107 heavy (non-hydrogen) atoms. The number of aromatic nitrogens is 4. The molecule has 0 saturated carbocycles. The number of primary amides is 1. The highest BCUT2D eigenvalue weighted by molar-refractivity contribution is 7.98. The molecule has 2 aliphatic rings. The molecule has 8 atom stereocenters. The zero-order chi connectivity index (χ0) is 77.5. The minimum Gasteiger partial charge on any atom is -0.542 e. The molecule has 1 saturated heterocycles. The highest BCUT2D eigenvalue weighted by atomic mass is 32.2. The number of benzene rings is 4. The number of quaternary nitrogens is 1. The highest BCUT2D eigenvalue weighted by Crippen LogP contribution is 2.28. The van der Waals surface area contributed by atoms with Gasteiger partial charge in [-0.15, -0.1) is 0 Å². The van der Waals surface area contributed by atoms with Crippen LogP contribution in [0.1, 0.15) is 84.9 Å². The van der Waals surface area contributed by atoms with Gasteiger partial charge in [0.15, 0.2) is 5.78 Å². The van der Waals surface area contributed by atoms with E-state index >= 15 is 19.2 Å². The molecule has 2 bridgehead atoms. The molecular weight excluding hydrogens is 1430 g/mol. The second kappa shape index (κ2) is 39.0. The Bertz CT molecular complexity index is 4290. The van der Waals surface area contributed by atoms with E-state index in [4.69, 9.17) is 15.6 Å². The molecule has 7 aromatic rings. The number of phenols is 1. The summed E-state index contributed by atoms with van der Waals surface area (Å²) in [4.78, 5) is 184. The van der Waals surface area contributed by atoms with Crippen molar-refractivity contribution in [1.82, 2.24) is 61.2 Å². The number of aliphatic carboxylic acids is 2. The van der Waals surface area contributed by atoms with Crippen LogP contribution in [0.4, 0.5) is 13.2 Å². The monoisotopic (exact) mass is 1520 g/mol. The Morgan fingerprint density at radius 2 is 1.28 bits per heavy atom. The molecule has 2 aliphatic heterocycles. The first-order valence-corrected chi connectivity index (χ1v) is 36.9. The van der Waals surface area contributed by atoms with E-state index in [1.807, 2.05) is 48.5 Å². The molecule has 4 aromatic carbocycles. The number of nitrogens with zero attached hydrogens (tertiary/aromatic N) is 4. The molecule has 1 fully saturated rings. The number of carboxylic acid groups (broad SMARTS) is 2. The summed E-state index contributed by atoms with van der Waals surface area (Å²) in [7, 11) is 2.83. The number of amides is 9. The fourth-order valence-electron chi connectivity index (χ4n) is 12.6. The summed E-state index contributed by atoms with van der Waals surface area (Å²) in [5.41, 5.74) is 15.2. The lowest BCUT2D eigenvalue weighted by atomic mass is 9.97. The summed E-state index contributed by atoms with van der Waals surface area (Å²) in [6.07, 6.45) is 0.885. The topological polar surface area (TPSA) is 452 Å². The lowest BCUT2D eigenvalue weighted by molar-refractivity contribution is -0.368. The van der Waals surface area contributed by atoms with Gasteiger partial charge in [-0.2, -0.15) is 36.7 Å². The lowest BCUT2D eigenvalue weighted by Crippen LogP contribution is -2.61. The van der Waals surface area contributed by atoms with Gasteiger partial charge in [0, 0.05) is 128 Å². The standard InChI is InChI=1S/C71H86N14O13S2.C2HF3O2/c1-83-37-63(89)84(2)60(30-46-35-76-53-16-6-4-14-51(46)53)69(96)81-55(29-45-34-75-52-15-5-3-13-50(45)52)66(93)80-57(33-64(90)91)68(95)79-56(32-48-36-74-41-77-48)67(94)82-58(28-42-19-21-49(86)22-20-42)71(98)85-25-10-18-59(85)61(87)31-47(65(73)92)40-100-39-44-12-9-11-43(27-44)38-99-26-23-62(88)78-54(70(83)97)17-7-8-24-72;3-2(4,5)1(6)7/h3-6,9,11-16,19-22,27,34-36,41,47,54-60,75-76,86H,7-8,10,17-18,23-26,28-33,37-40,72H2,1-2H3,(H2,73,92)(H,74,77)(H,78,88)(H,79,95)(H,80,93)(H,81,96)(H,82,94)(H,90,91);(H,6,7)/t47-,54-,55-,56-,57-,58-,59-,60-;/m0./s1. The van der Waals surface area contributed by atoms with E-state index in [2.05, 4.69) is 52.3 Å². The summed E-state index contributed by atoms with van der Waals surface area (Å²) in [6, 6.07) is 18.2. The minimum absolute atomic E-state index is 0.0739.